The first kappa shape index (κ1) is 25.0. The van der Waals surface area contributed by atoms with Crippen molar-refractivity contribution >= 4 is 33.2 Å². The van der Waals surface area contributed by atoms with E-state index in [0.29, 0.717) is 5.69 Å². The molecule has 178 valence electrons. The van der Waals surface area contributed by atoms with Crippen LogP contribution in [0.4, 0.5) is 11.4 Å². The van der Waals surface area contributed by atoms with Gasteiger partial charge < -0.3 is 10.6 Å². The van der Waals surface area contributed by atoms with Crippen LogP contribution in [0.5, 0.6) is 0 Å². The largest absolute Gasteiger partial charge is 0.343 e. The molecule has 34 heavy (non-hydrogen) atoms. The molecule has 8 heteroatoms. The van der Waals surface area contributed by atoms with E-state index >= 15 is 0 Å². The molecule has 7 nitrogen and oxygen atoms in total. The summed E-state index contributed by atoms with van der Waals surface area (Å²) in [5.41, 5.74) is 6.49. The van der Waals surface area contributed by atoms with E-state index in [1.54, 1.807) is 12.1 Å². The Morgan fingerprint density at radius 2 is 1.38 bits per heavy atom. The second-order valence-corrected chi connectivity index (χ2v) is 10.1. The quantitative estimate of drug-likeness (QED) is 0.467. The Balaban J connectivity index is 1.61. The summed E-state index contributed by atoms with van der Waals surface area (Å²) in [5, 5.41) is 5.39. The van der Waals surface area contributed by atoms with Gasteiger partial charge in [0, 0.05) is 16.9 Å². The molecular weight excluding hydrogens is 450 g/mol. The lowest BCUT2D eigenvalue weighted by Gasteiger charge is -2.13. The number of sulfonamides is 1. The van der Waals surface area contributed by atoms with E-state index < -0.39 is 15.9 Å². The fraction of sp³-hybridized carbons (Fsp3) is 0.231. The van der Waals surface area contributed by atoms with Gasteiger partial charge in [-0.2, -0.15) is 0 Å². The maximum absolute atomic E-state index is 12.7. The van der Waals surface area contributed by atoms with Crippen LogP contribution in [0.2, 0.25) is 0 Å². The molecule has 0 saturated heterocycles. The molecular formula is C26H29N3O4S. The Bertz CT molecular complexity index is 1320. The van der Waals surface area contributed by atoms with Gasteiger partial charge in [-0.3, -0.25) is 14.3 Å². The molecule has 3 aromatic rings. The van der Waals surface area contributed by atoms with E-state index in [9.17, 15) is 18.0 Å². The molecule has 0 atom stereocenters. The Kier molecular flexibility index (Phi) is 7.41. The predicted octanol–water partition coefficient (Wildman–Crippen LogP) is 4.40. The third-order valence-corrected chi connectivity index (χ3v) is 6.93. The summed E-state index contributed by atoms with van der Waals surface area (Å²) in [6, 6.07) is 14.8. The second-order valence-electron chi connectivity index (χ2n) is 8.43. The van der Waals surface area contributed by atoms with Crippen molar-refractivity contribution in [2.24, 2.45) is 0 Å². The van der Waals surface area contributed by atoms with Crippen LogP contribution in [0.25, 0.3) is 0 Å². The number of nitrogens with one attached hydrogen (secondary N) is 3. The molecule has 0 aliphatic rings. The molecule has 0 unspecified atom stereocenters. The number of rotatable bonds is 7. The third-order valence-electron chi connectivity index (χ3n) is 5.54. The van der Waals surface area contributed by atoms with E-state index in [4.69, 9.17) is 0 Å². The van der Waals surface area contributed by atoms with Crippen LogP contribution >= 0.6 is 0 Å². The number of carbonyl (C=O) groups excluding carboxylic acids is 2. The lowest BCUT2D eigenvalue weighted by Crippen LogP contribution is -2.33. The molecule has 0 saturated carbocycles. The van der Waals surface area contributed by atoms with Crippen LogP contribution < -0.4 is 15.4 Å². The van der Waals surface area contributed by atoms with E-state index in [1.165, 1.54) is 24.3 Å². The molecule has 0 bridgehead atoms. The van der Waals surface area contributed by atoms with Crippen molar-refractivity contribution < 1.29 is 18.0 Å². The summed E-state index contributed by atoms with van der Waals surface area (Å²) >= 11 is 0. The van der Waals surface area contributed by atoms with Crippen LogP contribution in [0.1, 0.15) is 38.2 Å². The zero-order valence-corrected chi connectivity index (χ0v) is 20.8. The van der Waals surface area contributed by atoms with Gasteiger partial charge in [-0.05, 0) is 93.3 Å². The van der Waals surface area contributed by atoms with Crippen molar-refractivity contribution in [3.05, 3.63) is 88.0 Å². The molecule has 3 aromatic carbocycles. The predicted molar refractivity (Wildman–Crippen MR) is 135 cm³/mol. The molecule has 0 fully saturated rings. The van der Waals surface area contributed by atoms with Crippen molar-refractivity contribution in [2.45, 2.75) is 39.5 Å². The van der Waals surface area contributed by atoms with Crippen LogP contribution in [0, 0.1) is 34.6 Å². The molecule has 0 radical (unpaired) electrons. The SMILES string of the molecule is Cc1cc(C)c(NC(=O)CNC(=O)c2ccc(S(=O)(=O)Nc3ccc(C)c(C)c3)cc2)c(C)c1. The van der Waals surface area contributed by atoms with Crippen LogP contribution in [-0.4, -0.2) is 26.8 Å². The van der Waals surface area contributed by atoms with Gasteiger partial charge in [-0.15, -0.1) is 0 Å². The minimum absolute atomic E-state index is 0.0327. The first-order chi connectivity index (χ1) is 16.0. The Morgan fingerprint density at radius 3 is 1.97 bits per heavy atom. The summed E-state index contributed by atoms with van der Waals surface area (Å²) in [7, 11) is -3.80. The molecule has 3 N–H and O–H groups in total. The van der Waals surface area contributed by atoms with Crippen LogP contribution in [-0.2, 0) is 14.8 Å². The molecule has 3 rings (SSSR count). The molecule has 2 amide bonds. The summed E-state index contributed by atoms with van der Waals surface area (Å²) < 4.78 is 27.9. The highest BCUT2D eigenvalue weighted by molar-refractivity contribution is 7.92. The van der Waals surface area contributed by atoms with Gasteiger partial charge in [0.2, 0.25) is 5.91 Å². The summed E-state index contributed by atoms with van der Waals surface area (Å²) in [4.78, 5) is 24.8. The van der Waals surface area contributed by atoms with E-state index in [1.807, 2.05) is 52.8 Å². The Morgan fingerprint density at radius 1 is 0.765 bits per heavy atom. The van der Waals surface area contributed by atoms with E-state index in [2.05, 4.69) is 15.4 Å². The van der Waals surface area contributed by atoms with Gasteiger partial charge >= 0.3 is 0 Å². The fourth-order valence-electron chi connectivity index (χ4n) is 3.63. The van der Waals surface area contributed by atoms with Crippen LogP contribution in [0.15, 0.2) is 59.5 Å². The zero-order valence-electron chi connectivity index (χ0n) is 19.9. The van der Waals surface area contributed by atoms with Crippen LogP contribution in [0.3, 0.4) is 0 Å². The number of aryl methyl sites for hydroxylation is 5. The average Bonchev–Trinajstić information content (AvgIpc) is 2.77. The standard InChI is InChI=1S/C26H29N3O4S/c1-16-12-19(4)25(20(5)13-16)28-24(30)15-27-26(31)21-7-10-23(11-8-21)34(32,33)29-22-9-6-17(2)18(3)14-22/h6-14,29H,15H2,1-5H3,(H,27,31)(H,28,30). The lowest BCUT2D eigenvalue weighted by atomic mass is 10.1. The fourth-order valence-corrected chi connectivity index (χ4v) is 4.68. The monoisotopic (exact) mass is 479 g/mol. The molecule has 0 aliphatic carbocycles. The minimum atomic E-state index is -3.80. The van der Waals surface area contributed by atoms with Gasteiger partial charge in [0.1, 0.15) is 0 Å². The number of hydrogen-bond donors (Lipinski definition) is 3. The molecule has 0 aliphatic heterocycles. The lowest BCUT2D eigenvalue weighted by molar-refractivity contribution is -0.115. The highest BCUT2D eigenvalue weighted by Gasteiger charge is 2.16. The normalized spacial score (nSPS) is 11.1. The number of amides is 2. The first-order valence-corrected chi connectivity index (χ1v) is 12.3. The number of carbonyl (C=O) groups is 2. The summed E-state index contributed by atoms with van der Waals surface area (Å²) in [6.45, 7) is 9.47. The van der Waals surface area contributed by atoms with Crippen molar-refractivity contribution in [3.8, 4) is 0 Å². The van der Waals surface area contributed by atoms with Gasteiger partial charge in [0.15, 0.2) is 0 Å². The summed E-state index contributed by atoms with van der Waals surface area (Å²) in [6.07, 6.45) is 0. The van der Waals surface area contributed by atoms with E-state index in [-0.39, 0.29) is 22.9 Å². The number of anilines is 2. The Labute approximate surface area is 200 Å². The molecule has 0 heterocycles. The maximum Gasteiger partial charge on any atom is 0.261 e. The van der Waals surface area contributed by atoms with Gasteiger partial charge in [-0.25, -0.2) is 8.42 Å². The maximum atomic E-state index is 12.7. The van der Waals surface area contributed by atoms with Crippen molar-refractivity contribution in [2.75, 3.05) is 16.6 Å². The van der Waals surface area contributed by atoms with Gasteiger partial charge in [0.25, 0.3) is 15.9 Å². The Hall–Kier alpha value is -3.65. The third kappa shape index (κ3) is 6.02. The summed E-state index contributed by atoms with van der Waals surface area (Å²) in [5.74, 6) is -0.821. The molecule has 0 aromatic heterocycles. The average molecular weight is 480 g/mol. The smallest absolute Gasteiger partial charge is 0.261 e. The topological polar surface area (TPSA) is 104 Å². The van der Waals surface area contributed by atoms with E-state index in [0.717, 1.165) is 33.5 Å². The highest BCUT2D eigenvalue weighted by atomic mass is 32.2. The van der Waals surface area contributed by atoms with Crippen molar-refractivity contribution in [1.82, 2.24) is 5.32 Å². The molecule has 0 spiro atoms. The van der Waals surface area contributed by atoms with Crippen molar-refractivity contribution in [3.63, 3.8) is 0 Å². The first-order valence-electron chi connectivity index (χ1n) is 10.8. The zero-order chi connectivity index (χ0) is 25.0. The number of benzene rings is 3. The number of hydrogen-bond acceptors (Lipinski definition) is 4. The van der Waals surface area contributed by atoms with Gasteiger partial charge in [-0.1, -0.05) is 23.8 Å². The highest BCUT2D eigenvalue weighted by Crippen LogP contribution is 2.22. The second kappa shape index (κ2) is 10.1. The minimum Gasteiger partial charge on any atom is -0.343 e. The van der Waals surface area contributed by atoms with Gasteiger partial charge in [0.05, 0.1) is 11.4 Å². The van der Waals surface area contributed by atoms with Crippen molar-refractivity contribution in [1.29, 1.82) is 0 Å².